The van der Waals surface area contributed by atoms with Gasteiger partial charge in [0.25, 0.3) is 0 Å². The zero-order valence-corrected chi connectivity index (χ0v) is 29.3. The van der Waals surface area contributed by atoms with Crippen LogP contribution in [0, 0.1) is 0 Å². The molecule has 0 aliphatic heterocycles. The summed E-state index contributed by atoms with van der Waals surface area (Å²) in [5.74, 6) is 0.600. The molecule has 11 rings (SSSR count). The summed E-state index contributed by atoms with van der Waals surface area (Å²) in [6, 6.07) is 57.5. The van der Waals surface area contributed by atoms with Crippen LogP contribution >= 0.6 is 0 Å². The van der Waals surface area contributed by atoms with Gasteiger partial charge in [0, 0.05) is 56.1 Å². The van der Waals surface area contributed by atoms with Crippen LogP contribution in [0.2, 0.25) is 0 Å². The van der Waals surface area contributed by atoms with Crippen molar-refractivity contribution in [1.29, 1.82) is 0 Å². The molecule has 0 N–H and O–H groups in total. The van der Waals surface area contributed by atoms with Crippen molar-refractivity contribution in [3.05, 3.63) is 187 Å². The molecule has 0 saturated heterocycles. The predicted molar refractivity (Wildman–Crippen MR) is 221 cm³/mol. The van der Waals surface area contributed by atoms with E-state index in [1.807, 2.05) is 42.5 Å². The van der Waals surface area contributed by atoms with Crippen molar-refractivity contribution in [2.45, 2.75) is 12.8 Å². The molecule has 3 heterocycles. The van der Waals surface area contributed by atoms with E-state index in [9.17, 15) is 0 Å². The molecule has 1 aliphatic rings. The zero-order chi connectivity index (χ0) is 35.6. The molecule has 0 saturated carbocycles. The van der Waals surface area contributed by atoms with Gasteiger partial charge >= 0.3 is 0 Å². The van der Waals surface area contributed by atoms with Crippen LogP contribution in [-0.4, -0.2) is 9.55 Å². The third-order valence-corrected chi connectivity index (χ3v) is 10.6. The highest BCUT2D eigenvalue weighted by Gasteiger charge is 2.25. The van der Waals surface area contributed by atoms with E-state index >= 15 is 0 Å². The molecule has 0 radical (unpaired) electrons. The average Bonchev–Trinajstić information content (AvgIpc) is 3.94. The van der Waals surface area contributed by atoms with E-state index in [0.717, 1.165) is 79.7 Å². The van der Waals surface area contributed by atoms with E-state index in [0.29, 0.717) is 5.89 Å². The molecule has 0 spiro atoms. The lowest BCUT2D eigenvalue weighted by molar-refractivity contribution is 0.619. The summed E-state index contributed by atoms with van der Waals surface area (Å²) in [5, 5.41) is 4.41. The molecule has 0 bridgehead atoms. The Morgan fingerprint density at radius 3 is 1.96 bits per heavy atom. The standard InChI is InChI=1S/C49H33N3O2/c1-4-14-32(15-5-1)37-20-10-12-22-41(37)51(35-24-26-39-38-21-11-13-23-42(38)52(43(39)30-35)34-18-8-3-9-19-34)36-25-27-40-46(31-36)53-44-28-29-45-48(47(40)44)50-49(54-45)33-16-6-2-7-17-33/h1-9,11,13-31H,10,12H2. The van der Waals surface area contributed by atoms with E-state index in [1.54, 1.807) is 0 Å². The number of benzene rings is 7. The van der Waals surface area contributed by atoms with E-state index in [4.69, 9.17) is 13.8 Å². The van der Waals surface area contributed by atoms with Crippen molar-refractivity contribution >= 4 is 71.8 Å². The summed E-state index contributed by atoms with van der Waals surface area (Å²) >= 11 is 0. The fraction of sp³-hybridized carbons (Fsp3) is 0.0408. The number of nitrogens with zero attached hydrogens (tertiary/aromatic N) is 3. The number of rotatable bonds is 6. The highest BCUT2D eigenvalue weighted by molar-refractivity contribution is 6.17. The van der Waals surface area contributed by atoms with Gasteiger partial charge in [-0.15, -0.1) is 0 Å². The molecule has 0 amide bonds. The predicted octanol–water partition coefficient (Wildman–Crippen LogP) is 13.4. The Morgan fingerprint density at radius 2 is 1.15 bits per heavy atom. The Labute approximate surface area is 311 Å². The maximum Gasteiger partial charge on any atom is 0.227 e. The van der Waals surface area contributed by atoms with Crippen LogP contribution in [0.1, 0.15) is 18.4 Å². The second-order valence-electron chi connectivity index (χ2n) is 13.8. The van der Waals surface area contributed by atoms with Crippen molar-refractivity contribution in [2.24, 2.45) is 0 Å². The minimum atomic E-state index is 0.600. The van der Waals surface area contributed by atoms with Gasteiger partial charge in [0.1, 0.15) is 16.7 Å². The molecule has 54 heavy (non-hydrogen) atoms. The minimum Gasteiger partial charge on any atom is -0.456 e. The molecular formula is C49H33N3O2. The van der Waals surface area contributed by atoms with Gasteiger partial charge in [0.05, 0.1) is 16.4 Å². The molecule has 3 aromatic heterocycles. The van der Waals surface area contributed by atoms with Gasteiger partial charge in [-0.2, -0.15) is 0 Å². The van der Waals surface area contributed by atoms with Gasteiger partial charge < -0.3 is 18.3 Å². The maximum atomic E-state index is 6.64. The summed E-state index contributed by atoms with van der Waals surface area (Å²) < 4.78 is 15.3. The number of para-hydroxylation sites is 2. The van der Waals surface area contributed by atoms with Crippen LogP contribution in [-0.2, 0) is 0 Å². The van der Waals surface area contributed by atoms with E-state index in [1.165, 1.54) is 27.4 Å². The monoisotopic (exact) mass is 695 g/mol. The first kappa shape index (κ1) is 30.5. The van der Waals surface area contributed by atoms with Crippen LogP contribution < -0.4 is 4.90 Å². The molecule has 0 unspecified atom stereocenters. The molecular weight excluding hydrogens is 663 g/mol. The molecule has 0 fully saturated rings. The SMILES string of the molecule is C1=C(c2ccccc2)C(N(c2ccc3c(c2)oc2ccc4oc(-c5ccccc5)nc4c23)c2ccc3c4ccccc4n(-c4ccccc4)c3c2)=CCC1. The lowest BCUT2D eigenvalue weighted by Crippen LogP contribution is -2.19. The third kappa shape index (κ3) is 4.82. The highest BCUT2D eigenvalue weighted by atomic mass is 16.4. The van der Waals surface area contributed by atoms with Crippen molar-refractivity contribution < 1.29 is 8.83 Å². The Balaban J connectivity index is 1.13. The smallest absolute Gasteiger partial charge is 0.227 e. The van der Waals surface area contributed by atoms with Crippen molar-refractivity contribution in [1.82, 2.24) is 9.55 Å². The number of anilines is 2. The summed E-state index contributed by atoms with van der Waals surface area (Å²) in [7, 11) is 0. The number of oxazole rings is 1. The first-order valence-electron chi connectivity index (χ1n) is 18.4. The molecule has 5 nitrogen and oxygen atoms in total. The Hall–Kier alpha value is -7.11. The molecule has 256 valence electrons. The molecule has 5 heteroatoms. The van der Waals surface area contributed by atoms with Gasteiger partial charge in [0.15, 0.2) is 5.58 Å². The highest BCUT2D eigenvalue weighted by Crippen LogP contribution is 2.44. The fourth-order valence-electron chi connectivity index (χ4n) is 8.22. The van der Waals surface area contributed by atoms with Crippen molar-refractivity contribution in [3.8, 4) is 17.1 Å². The average molecular weight is 696 g/mol. The summed E-state index contributed by atoms with van der Waals surface area (Å²) in [4.78, 5) is 7.38. The Morgan fingerprint density at radius 1 is 0.500 bits per heavy atom. The van der Waals surface area contributed by atoms with Crippen molar-refractivity contribution in [2.75, 3.05) is 4.90 Å². The largest absolute Gasteiger partial charge is 0.456 e. The van der Waals surface area contributed by atoms with Crippen LogP contribution in [0.3, 0.4) is 0 Å². The van der Waals surface area contributed by atoms with Crippen LogP contribution in [0.5, 0.6) is 0 Å². The first-order valence-corrected chi connectivity index (χ1v) is 18.4. The van der Waals surface area contributed by atoms with E-state index in [-0.39, 0.29) is 0 Å². The van der Waals surface area contributed by atoms with Gasteiger partial charge in [0.2, 0.25) is 5.89 Å². The number of fused-ring (bicyclic) bond motifs is 8. The lowest BCUT2D eigenvalue weighted by atomic mass is 9.94. The molecule has 10 aromatic rings. The van der Waals surface area contributed by atoms with E-state index < -0.39 is 0 Å². The third-order valence-electron chi connectivity index (χ3n) is 10.6. The number of hydrogen-bond acceptors (Lipinski definition) is 4. The number of allylic oxidation sites excluding steroid dienone is 3. The van der Waals surface area contributed by atoms with E-state index in [2.05, 4.69) is 143 Å². The first-order chi connectivity index (χ1) is 26.8. The minimum absolute atomic E-state index is 0.600. The Bertz CT molecular complexity index is 3090. The number of aromatic nitrogens is 2. The quantitative estimate of drug-likeness (QED) is 0.174. The molecule has 7 aromatic carbocycles. The molecule has 1 aliphatic carbocycles. The van der Waals surface area contributed by atoms with Gasteiger partial charge in [-0.05, 0) is 85.1 Å². The normalized spacial score (nSPS) is 13.3. The van der Waals surface area contributed by atoms with Crippen LogP contribution in [0.15, 0.2) is 190 Å². The Kier molecular flexibility index (Phi) is 6.92. The maximum absolute atomic E-state index is 6.64. The second-order valence-corrected chi connectivity index (χ2v) is 13.8. The molecule has 0 atom stereocenters. The van der Waals surface area contributed by atoms with Crippen LogP contribution in [0.4, 0.5) is 11.4 Å². The van der Waals surface area contributed by atoms with Gasteiger partial charge in [-0.3, -0.25) is 0 Å². The number of hydrogen-bond donors (Lipinski definition) is 0. The fourth-order valence-corrected chi connectivity index (χ4v) is 8.22. The second kappa shape index (κ2) is 12.2. The van der Waals surface area contributed by atoms with Crippen molar-refractivity contribution in [3.63, 3.8) is 0 Å². The lowest BCUT2D eigenvalue weighted by Gasteiger charge is -2.31. The summed E-state index contributed by atoms with van der Waals surface area (Å²) in [6.45, 7) is 0. The summed E-state index contributed by atoms with van der Waals surface area (Å²) in [6.07, 6.45) is 6.70. The van der Waals surface area contributed by atoms with Crippen LogP contribution in [0.25, 0.3) is 77.6 Å². The zero-order valence-electron chi connectivity index (χ0n) is 29.3. The number of furan rings is 1. The van der Waals surface area contributed by atoms with Gasteiger partial charge in [-0.1, -0.05) is 103 Å². The topological polar surface area (TPSA) is 47.3 Å². The summed E-state index contributed by atoms with van der Waals surface area (Å²) in [5.41, 5.74) is 13.2. The van der Waals surface area contributed by atoms with Gasteiger partial charge in [-0.25, -0.2) is 4.98 Å².